The topological polar surface area (TPSA) is 26.9 Å². The first-order valence-corrected chi connectivity index (χ1v) is 5.07. The normalized spacial score (nSPS) is 11.3. The fraction of sp³-hybridized carbons (Fsp3) is 0.417. The van der Waals surface area contributed by atoms with Crippen LogP contribution in [0.1, 0.15) is 16.8 Å². The summed E-state index contributed by atoms with van der Waals surface area (Å²) < 4.78 is 4.02. The third kappa shape index (κ3) is 1.16. The van der Waals surface area contributed by atoms with Crippen molar-refractivity contribution >= 4 is 11.0 Å². The third-order valence-electron chi connectivity index (χ3n) is 3.27. The fourth-order valence-electron chi connectivity index (χ4n) is 2.22. The van der Waals surface area contributed by atoms with E-state index in [0.717, 1.165) is 22.3 Å². The molecule has 3 nitrogen and oxygen atoms in total. The number of fused-ring (bicyclic) bond motifs is 1. The summed E-state index contributed by atoms with van der Waals surface area (Å²) in [6.45, 7) is 5.97. The van der Waals surface area contributed by atoms with Crippen LogP contribution in [-0.2, 0) is 14.1 Å². The van der Waals surface area contributed by atoms with Crippen LogP contribution in [-0.4, -0.2) is 9.13 Å². The number of aromatic nitrogens is 2. The summed E-state index contributed by atoms with van der Waals surface area (Å²) in [6, 6.07) is 0. The van der Waals surface area contributed by atoms with E-state index in [1.165, 1.54) is 5.56 Å². The fourth-order valence-corrected chi connectivity index (χ4v) is 2.22. The SMILES string of the molecule is Cc1cn(C)c2c(C)c(C)n(C)c2c1=O. The predicted octanol–water partition coefficient (Wildman–Crippen LogP) is 1.80. The lowest BCUT2D eigenvalue weighted by Crippen LogP contribution is -2.12. The van der Waals surface area contributed by atoms with Crippen LogP contribution in [0.15, 0.2) is 11.0 Å². The van der Waals surface area contributed by atoms with Gasteiger partial charge >= 0.3 is 0 Å². The molecule has 0 saturated heterocycles. The summed E-state index contributed by atoms with van der Waals surface area (Å²) >= 11 is 0. The van der Waals surface area contributed by atoms with Crippen LogP contribution in [0.3, 0.4) is 0 Å². The second kappa shape index (κ2) is 2.99. The lowest BCUT2D eigenvalue weighted by molar-refractivity contribution is 0.899. The monoisotopic (exact) mass is 204 g/mol. The summed E-state index contributed by atoms with van der Waals surface area (Å²) in [5.41, 5.74) is 5.14. The van der Waals surface area contributed by atoms with Gasteiger partial charge in [-0.2, -0.15) is 0 Å². The lowest BCUT2D eigenvalue weighted by atomic mass is 10.2. The molecule has 0 bridgehead atoms. The van der Waals surface area contributed by atoms with Gasteiger partial charge in [-0.1, -0.05) is 0 Å². The van der Waals surface area contributed by atoms with Crippen molar-refractivity contribution in [1.29, 1.82) is 0 Å². The summed E-state index contributed by atoms with van der Waals surface area (Å²) in [5.74, 6) is 0. The summed E-state index contributed by atoms with van der Waals surface area (Å²) in [6.07, 6.45) is 1.90. The first-order chi connectivity index (χ1) is 6.95. The van der Waals surface area contributed by atoms with E-state index in [1.807, 2.05) is 43.3 Å². The van der Waals surface area contributed by atoms with Gasteiger partial charge < -0.3 is 9.13 Å². The van der Waals surface area contributed by atoms with E-state index in [0.29, 0.717) is 0 Å². The Kier molecular flexibility index (Phi) is 2.00. The van der Waals surface area contributed by atoms with Gasteiger partial charge in [0.15, 0.2) is 0 Å². The zero-order chi connectivity index (χ0) is 11.3. The molecule has 80 valence electrons. The standard InChI is InChI=1S/C12H16N2O/c1-7-6-13(4)10-8(2)9(3)14(5)11(10)12(7)15/h6H,1-5H3. The largest absolute Gasteiger partial charge is 0.349 e. The molecule has 0 aromatic carbocycles. The highest BCUT2D eigenvalue weighted by Gasteiger charge is 2.14. The van der Waals surface area contributed by atoms with Gasteiger partial charge in [-0.3, -0.25) is 4.79 Å². The second-order valence-corrected chi connectivity index (χ2v) is 4.22. The van der Waals surface area contributed by atoms with E-state index >= 15 is 0 Å². The molecule has 0 saturated carbocycles. The first kappa shape index (κ1) is 10.0. The van der Waals surface area contributed by atoms with Gasteiger partial charge in [0.05, 0.1) is 5.52 Å². The van der Waals surface area contributed by atoms with Crippen molar-refractivity contribution in [1.82, 2.24) is 9.13 Å². The van der Waals surface area contributed by atoms with E-state index in [9.17, 15) is 4.79 Å². The highest BCUT2D eigenvalue weighted by atomic mass is 16.1. The van der Waals surface area contributed by atoms with E-state index < -0.39 is 0 Å². The highest BCUT2D eigenvalue weighted by Crippen LogP contribution is 2.21. The van der Waals surface area contributed by atoms with Gasteiger partial charge in [0, 0.05) is 31.5 Å². The summed E-state index contributed by atoms with van der Waals surface area (Å²) in [4.78, 5) is 12.0. The Morgan fingerprint density at radius 3 is 2.27 bits per heavy atom. The van der Waals surface area contributed by atoms with Crippen molar-refractivity contribution in [3.63, 3.8) is 0 Å². The smallest absolute Gasteiger partial charge is 0.208 e. The van der Waals surface area contributed by atoms with Gasteiger partial charge in [0.1, 0.15) is 5.52 Å². The molecule has 0 aliphatic rings. The van der Waals surface area contributed by atoms with Crippen LogP contribution in [0.2, 0.25) is 0 Å². The maximum atomic E-state index is 12.0. The molecule has 3 heteroatoms. The molecule has 2 rings (SSSR count). The van der Waals surface area contributed by atoms with Crippen LogP contribution in [0.5, 0.6) is 0 Å². The van der Waals surface area contributed by atoms with E-state index in [2.05, 4.69) is 6.92 Å². The van der Waals surface area contributed by atoms with Crippen LogP contribution >= 0.6 is 0 Å². The van der Waals surface area contributed by atoms with Gasteiger partial charge in [0.2, 0.25) is 5.43 Å². The van der Waals surface area contributed by atoms with Crippen molar-refractivity contribution in [2.75, 3.05) is 0 Å². The van der Waals surface area contributed by atoms with Crippen molar-refractivity contribution in [2.45, 2.75) is 20.8 Å². The Morgan fingerprint density at radius 2 is 1.67 bits per heavy atom. The number of pyridine rings is 1. The number of hydrogen-bond donors (Lipinski definition) is 0. The Balaban J connectivity index is 3.18. The molecule has 0 atom stereocenters. The number of hydrogen-bond acceptors (Lipinski definition) is 1. The first-order valence-electron chi connectivity index (χ1n) is 5.07. The maximum absolute atomic E-state index is 12.0. The Bertz CT molecular complexity index is 602. The minimum absolute atomic E-state index is 0.141. The molecule has 0 N–H and O–H groups in total. The van der Waals surface area contributed by atoms with Gasteiger partial charge in [0.25, 0.3) is 0 Å². The number of aryl methyl sites for hydroxylation is 4. The molecule has 0 amide bonds. The molecule has 2 aromatic rings. The zero-order valence-corrected chi connectivity index (χ0v) is 9.88. The van der Waals surface area contributed by atoms with Gasteiger partial charge in [-0.25, -0.2) is 0 Å². The summed E-state index contributed by atoms with van der Waals surface area (Å²) in [5, 5.41) is 0. The van der Waals surface area contributed by atoms with E-state index in [4.69, 9.17) is 0 Å². The Morgan fingerprint density at radius 1 is 1.07 bits per heavy atom. The average Bonchev–Trinajstić information content (AvgIpc) is 2.40. The predicted molar refractivity (Wildman–Crippen MR) is 62.4 cm³/mol. The average molecular weight is 204 g/mol. The molecule has 0 radical (unpaired) electrons. The lowest BCUT2D eigenvalue weighted by Gasteiger charge is -2.04. The molecule has 0 aliphatic carbocycles. The quantitative estimate of drug-likeness (QED) is 0.643. The van der Waals surface area contributed by atoms with Crippen molar-refractivity contribution in [2.24, 2.45) is 14.1 Å². The number of rotatable bonds is 0. The molecular weight excluding hydrogens is 188 g/mol. The highest BCUT2D eigenvalue weighted by molar-refractivity contribution is 5.82. The molecule has 2 aromatic heterocycles. The minimum atomic E-state index is 0.141. The maximum Gasteiger partial charge on any atom is 0.208 e. The van der Waals surface area contributed by atoms with Crippen molar-refractivity contribution < 1.29 is 0 Å². The Labute approximate surface area is 88.9 Å². The molecule has 0 unspecified atom stereocenters. The van der Waals surface area contributed by atoms with Gasteiger partial charge in [-0.05, 0) is 26.3 Å². The van der Waals surface area contributed by atoms with Crippen molar-refractivity contribution in [3.8, 4) is 0 Å². The van der Waals surface area contributed by atoms with Crippen LogP contribution in [0.25, 0.3) is 11.0 Å². The summed E-state index contributed by atoms with van der Waals surface area (Å²) in [7, 11) is 3.94. The molecule has 0 fully saturated rings. The van der Waals surface area contributed by atoms with Gasteiger partial charge in [-0.15, -0.1) is 0 Å². The van der Waals surface area contributed by atoms with E-state index in [1.54, 1.807) is 0 Å². The molecule has 2 heterocycles. The molecule has 0 aliphatic heterocycles. The van der Waals surface area contributed by atoms with Crippen LogP contribution < -0.4 is 5.43 Å². The third-order valence-corrected chi connectivity index (χ3v) is 3.27. The minimum Gasteiger partial charge on any atom is -0.349 e. The van der Waals surface area contributed by atoms with Crippen molar-refractivity contribution in [3.05, 3.63) is 33.2 Å². The zero-order valence-electron chi connectivity index (χ0n) is 9.88. The number of nitrogens with zero attached hydrogens (tertiary/aromatic N) is 2. The second-order valence-electron chi connectivity index (χ2n) is 4.22. The molecule has 0 spiro atoms. The van der Waals surface area contributed by atoms with Crippen LogP contribution in [0, 0.1) is 20.8 Å². The molecule has 15 heavy (non-hydrogen) atoms. The Hall–Kier alpha value is -1.51. The molecular formula is C12H16N2O. The van der Waals surface area contributed by atoms with Crippen LogP contribution in [0.4, 0.5) is 0 Å². The van der Waals surface area contributed by atoms with E-state index in [-0.39, 0.29) is 5.43 Å².